The smallest absolute Gasteiger partial charge is 0.306 e. The van der Waals surface area contributed by atoms with Gasteiger partial charge in [-0.2, -0.15) is 0 Å². The van der Waals surface area contributed by atoms with Crippen LogP contribution in [0, 0.1) is 23.7 Å². The van der Waals surface area contributed by atoms with Gasteiger partial charge in [0, 0.05) is 26.6 Å². The van der Waals surface area contributed by atoms with Crippen molar-refractivity contribution in [3.8, 4) is 0 Å². The number of aliphatic carboxylic acids is 1. The second-order valence-electron chi connectivity index (χ2n) is 6.88. The zero-order valence-electron chi connectivity index (χ0n) is 15.2. The number of ketones is 1. The molecule has 0 heterocycles. The highest BCUT2D eigenvalue weighted by atomic mass is 17.1. The molecule has 7 heteroatoms. The first-order valence-electron chi connectivity index (χ1n) is 8.36. The Morgan fingerprint density at radius 1 is 1.25 bits per heavy atom. The van der Waals surface area contributed by atoms with Crippen LogP contribution in [-0.4, -0.2) is 48.2 Å². The SMILES string of the molecule is COC(OC)C1(OO)[C@H](C(C)C(=O)O)CC[C@@H](C)[C@@H]1CCC(C)=O. The van der Waals surface area contributed by atoms with Crippen LogP contribution in [0.1, 0.15) is 46.5 Å². The summed E-state index contributed by atoms with van der Waals surface area (Å²) in [5.41, 5.74) is -1.34. The molecule has 140 valence electrons. The summed E-state index contributed by atoms with van der Waals surface area (Å²) in [4.78, 5) is 28.0. The van der Waals surface area contributed by atoms with Gasteiger partial charge in [-0.3, -0.25) is 10.1 Å². The van der Waals surface area contributed by atoms with Crippen molar-refractivity contribution in [2.45, 2.75) is 58.3 Å². The molecule has 0 spiro atoms. The lowest BCUT2D eigenvalue weighted by Gasteiger charge is -2.53. The summed E-state index contributed by atoms with van der Waals surface area (Å²) in [6.07, 6.45) is 1.22. The minimum atomic E-state index is -1.34. The zero-order valence-corrected chi connectivity index (χ0v) is 15.2. The monoisotopic (exact) mass is 346 g/mol. The van der Waals surface area contributed by atoms with E-state index in [-0.39, 0.29) is 17.6 Å². The van der Waals surface area contributed by atoms with Crippen LogP contribution in [0.15, 0.2) is 0 Å². The summed E-state index contributed by atoms with van der Waals surface area (Å²) in [7, 11) is 2.86. The number of carboxylic acid groups (broad SMARTS) is 1. The highest BCUT2D eigenvalue weighted by Crippen LogP contribution is 2.51. The zero-order chi connectivity index (χ0) is 18.5. The maximum absolute atomic E-state index is 11.6. The third kappa shape index (κ3) is 3.96. The Hall–Kier alpha value is -1.02. The lowest BCUT2D eigenvalue weighted by Crippen LogP contribution is -2.63. The Kier molecular flexibility index (Phi) is 7.79. The van der Waals surface area contributed by atoms with Gasteiger partial charge in [-0.25, -0.2) is 4.89 Å². The minimum Gasteiger partial charge on any atom is -0.481 e. The molecule has 24 heavy (non-hydrogen) atoms. The van der Waals surface area contributed by atoms with Gasteiger partial charge in [-0.15, -0.1) is 0 Å². The topological polar surface area (TPSA) is 102 Å². The molecule has 0 saturated heterocycles. The Morgan fingerprint density at radius 2 is 1.83 bits per heavy atom. The lowest BCUT2D eigenvalue weighted by atomic mass is 9.59. The fourth-order valence-electron chi connectivity index (χ4n) is 4.26. The molecule has 1 fully saturated rings. The van der Waals surface area contributed by atoms with Gasteiger partial charge in [0.2, 0.25) is 0 Å². The van der Waals surface area contributed by atoms with Crippen LogP contribution in [0.3, 0.4) is 0 Å². The molecule has 1 rings (SSSR count). The van der Waals surface area contributed by atoms with Crippen molar-refractivity contribution < 1.29 is 34.3 Å². The summed E-state index contributed by atoms with van der Waals surface area (Å²) in [5.74, 6) is -2.32. The van der Waals surface area contributed by atoms with Gasteiger partial charge in [-0.05, 0) is 38.0 Å². The summed E-state index contributed by atoms with van der Waals surface area (Å²) < 4.78 is 10.8. The summed E-state index contributed by atoms with van der Waals surface area (Å²) >= 11 is 0. The second kappa shape index (κ2) is 8.89. The highest BCUT2D eigenvalue weighted by Gasteiger charge is 2.60. The molecule has 0 radical (unpaired) electrons. The fraction of sp³-hybridized carbons (Fsp3) is 0.882. The van der Waals surface area contributed by atoms with Crippen LogP contribution in [-0.2, 0) is 24.0 Å². The first-order chi connectivity index (χ1) is 11.3. The molecule has 1 saturated carbocycles. The lowest BCUT2D eigenvalue weighted by molar-refractivity contribution is -0.417. The summed E-state index contributed by atoms with van der Waals surface area (Å²) in [6.45, 7) is 5.13. The van der Waals surface area contributed by atoms with Crippen LogP contribution in [0.4, 0.5) is 0 Å². The quantitative estimate of drug-likeness (QED) is 0.376. The number of rotatable bonds is 9. The Bertz CT molecular complexity index is 435. The van der Waals surface area contributed by atoms with Crippen molar-refractivity contribution in [3.63, 3.8) is 0 Å². The Morgan fingerprint density at radius 3 is 2.25 bits per heavy atom. The van der Waals surface area contributed by atoms with E-state index in [0.717, 1.165) is 6.42 Å². The second-order valence-corrected chi connectivity index (χ2v) is 6.88. The van der Waals surface area contributed by atoms with Crippen LogP contribution in [0.5, 0.6) is 0 Å². The van der Waals surface area contributed by atoms with Crippen LogP contribution >= 0.6 is 0 Å². The van der Waals surface area contributed by atoms with E-state index in [1.807, 2.05) is 6.92 Å². The molecule has 1 aliphatic rings. The third-order valence-corrected chi connectivity index (χ3v) is 5.53. The van der Waals surface area contributed by atoms with E-state index in [2.05, 4.69) is 0 Å². The van der Waals surface area contributed by atoms with E-state index in [1.54, 1.807) is 6.92 Å². The maximum atomic E-state index is 11.6. The molecule has 0 aliphatic heterocycles. The Labute approximate surface area is 143 Å². The van der Waals surface area contributed by atoms with Crippen molar-refractivity contribution in [2.24, 2.45) is 23.7 Å². The number of carboxylic acids is 1. The molecule has 7 nitrogen and oxygen atoms in total. The van der Waals surface area contributed by atoms with Crippen LogP contribution in [0.2, 0.25) is 0 Å². The van der Waals surface area contributed by atoms with Crippen molar-refractivity contribution in [3.05, 3.63) is 0 Å². The van der Waals surface area contributed by atoms with E-state index in [4.69, 9.17) is 14.4 Å². The maximum Gasteiger partial charge on any atom is 0.306 e. The van der Waals surface area contributed by atoms with Crippen molar-refractivity contribution in [1.82, 2.24) is 0 Å². The van der Waals surface area contributed by atoms with Gasteiger partial charge in [0.15, 0.2) is 11.9 Å². The first-order valence-corrected chi connectivity index (χ1v) is 8.36. The molecule has 0 aromatic carbocycles. The summed E-state index contributed by atoms with van der Waals surface area (Å²) in [5, 5.41) is 19.4. The molecule has 0 amide bonds. The molecule has 0 aromatic heterocycles. The third-order valence-electron chi connectivity index (χ3n) is 5.53. The van der Waals surface area contributed by atoms with E-state index in [1.165, 1.54) is 21.1 Å². The van der Waals surface area contributed by atoms with E-state index in [9.17, 15) is 20.0 Å². The number of carbonyl (C=O) groups is 2. The fourth-order valence-corrected chi connectivity index (χ4v) is 4.26. The number of ether oxygens (including phenoxy) is 2. The number of Topliss-reactive ketones (excluding diaryl/α,β-unsaturated/α-hetero) is 1. The van der Waals surface area contributed by atoms with Gasteiger partial charge >= 0.3 is 5.97 Å². The van der Waals surface area contributed by atoms with E-state index >= 15 is 0 Å². The molecule has 2 N–H and O–H groups in total. The number of methoxy groups -OCH3 is 2. The van der Waals surface area contributed by atoms with Crippen LogP contribution < -0.4 is 0 Å². The first kappa shape index (κ1) is 21.0. The van der Waals surface area contributed by atoms with Crippen molar-refractivity contribution in [2.75, 3.05) is 14.2 Å². The molecule has 2 unspecified atom stereocenters. The van der Waals surface area contributed by atoms with Crippen LogP contribution in [0.25, 0.3) is 0 Å². The number of hydrogen-bond donors (Lipinski definition) is 2. The highest BCUT2D eigenvalue weighted by molar-refractivity contribution is 5.75. The van der Waals surface area contributed by atoms with Gasteiger partial charge in [-0.1, -0.05) is 13.8 Å². The van der Waals surface area contributed by atoms with Gasteiger partial charge < -0.3 is 19.4 Å². The normalized spacial score (nSPS) is 31.9. The summed E-state index contributed by atoms with van der Waals surface area (Å²) in [6, 6.07) is 0. The molecular formula is C17H30O7. The number of hydrogen-bond acceptors (Lipinski definition) is 6. The molecule has 1 aliphatic carbocycles. The van der Waals surface area contributed by atoms with E-state index in [0.29, 0.717) is 19.3 Å². The van der Waals surface area contributed by atoms with Crippen molar-refractivity contribution >= 4 is 11.8 Å². The molecule has 5 atom stereocenters. The Balaban J connectivity index is 3.37. The average Bonchev–Trinajstić information content (AvgIpc) is 2.54. The van der Waals surface area contributed by atoms with Gasteiger partial charge in [0.05, 0.1) is 5.92 Å². The average molecular weight is 346 g/mol. The van der Waals surface area contributed by atoms with Gasteiger partial charge in [0.1, 0.15) is 5.78 Å². The minimum absolute atomic E-state index is 0.0360. The standard InChI is InChI=1S/C17H30O7/c1-10-6-8-14(12(3)15(19)20)17(24-21,16(22-4)23-5)13(10)9-7-11(2)18/h10,12-14,16,21H,6-9H2,1-5H3,(H,19,20)/t10-,12?,13+,14+,17?/m1/s1. The molecular weight excluding hydrogens is 316 g/mol. The predicted molar refractivity (Wildman–Crippen MR) is 86.3 cm³/mol. The largest absolute Gasteiger partial charge is 0.481 e. The van der Waals surface area contributed by atoms with Crippen molar-refractivity contribution in [1.29, 1.82) is 0 Å². The predicted octanol–water partition coefficient (Wildman–Crippen LogP) is 2.59. The van der Waals surface area contributed by atoms with E-state index < -0.39 is 29.7 Å². The number of carbonyl (C=O) groups excluding carboxylic acids is 1. The molecule has 0 aromatic rings. The van der Waals surface area contributed by atoms with Gasteiger partial charge in [0.25, 0.3) is 0 Å². The molecule has 0 bridgehead atoms.